The molecular weight excluding hydrogens is 480 g/mol. The van der Waals surface area contributed by atoms with Crippen molar-refractivity contribution in [1.82, 2.24) is 10.6 Å². The van der Waals surface area contributed by atoms with Crippen molar-refractivity contribution in [2.24, 2.45) is 0 Å². The molecule has 0 saturated heterocycles. The lowest BCUT2D eigenvalue weighted by atomic mass is 10.1. The van der Waals surface area contributed by atoms with Crippen molar-refractivity contribution < 1.29 is 4.74 Å². The van der Waals surface area contributed by atoms with Crippen molar-refractivity contribution in [3.63, 3.8) is 0 Å². The lowest BCUT2D eigenvalue weighted by Crippen LogP contribution is -2.26. The Bertz CT molecular complexity index is 739. The van der Waals surface area contributed by atoms with Crippen LogP contribution >= 0.6 is 0 Å². The predicted octanol–water partition coefficient (Wildman–Crippen LogP) is 7.40. The topological polar surface area (TPSA) is 39.8 Å². The molecule has 0 aliphatic rings. The van der Waals surface area contributed by atoms with Crippen molar-refractivity contribution in [2.45, 2.75) is 92.2 Å². The van der Waals surface area contributed by atoms with Gasteiger partial charge in [0.2, 0.25) is 0 Å². The number of unbranched alkanes of at least 4 members (excludes halogenated alkanes) is 4. The van der Waals surface area contributed by atoms with Gasteiger partial charge in [0, 0.05) is 63.7 Å². The van der Waals surface area contributed by atoms with Gasteiger partial charge in [-0.25, -0.2) is 0 Å². The van der Waals surface area contributed by atoms with Crippen LogP contribution in [0.4, 0.5) is 11.4 Å². The van der Waals surface area contributed by atoms with E-state index in [4.69, 9.17) is 4.74 Å². The minimum atomic E-state index is 0.738. The molecule has 0 radical (unpaired) electrons. The van der Waals surface area contributed by atoms with Crippen LogP contribution in [0.5, 0.6) is 0 Å². The summed E-state index contributed by atoms with van der Waals surface area (Å²) in [7, 11) is 0. The van der Waals surface area contributed by atoms with Crippen LogP contribution in [0.2, 0.25) is 0 Å². The van der Waals surface area contributed by atoms with Crippen molar-refractivity contribution in [3.05, 3.63) is 59.7 Å². The normalized spacial score (nSPS) is 11.2. The monoisotopic (exact) mass is 538 g/mol. The number of hydrogen-bond acceptors (Lipinski definition) is 5. The number of benzene rings is 2. The zero-order chi connectivity index (χ0) is 28.0. The zero-order valence-electron chi connectivity index (χ0n) is 25.6. The first-order valence-corrected chi connectivity index (χ1v) is 15.9. The minimum absolute atomic E-state index is 0.738. The molecule has 220 valence electrons. The third-order valence-electron chi connectivity index (χ3n) is 7.23. The quantitative estimate of drug-likeness (QED) is 0.136. The second-order valence-electron chi connectivity index (χ2n) is 10.7. The first kappa shape index (κ1) is 33.1. The van der Waals surface area contributed by atoms with Crippen LogP contribution in [-0.2, 0) is 17.8 Å². The highest BCUT2D eigenvalue weighted by atomic mass is 16.5. The Balaban J connectivity index is 1.57. The van der Waals surface area contributed by atoms with Gasteiger partial charge < -0.3 is 25.2 Å². The zero-order valence-corrected chi connectivity index (χ0v) is 25.6. The van der Waals surface area contributed by atoms with E-state index in [0.29, 0.717) is 0 Å². The second kappa shape index (κ2) is 21.7. The van der Waals surface area contributed by atoms with Crippen molar-refractivity contribution in [2.75, 3.05) is 62.3 Å². The van der Waals surface area contributed by atoms with E-state index < -0.39 is 0 Å². The predicted molar refractivity (Wildman–Crippen MR) is 171 cm³/mol. The van der Waals surface area contributed by atoms with Crippen LogP contribution in [0.1, 0.15) is 90.2 Å². The molecule has 0 aromatic heterocycles. The molecule has 0 spiro atoms. The number of ether oxygens (including phenoxy) is 1. The fourth-order valence-electron chi connectivity index (χ4n) is 4.64. The average molecular weight is 539 g/mol. The Morgan fingerprint density at radius 3 is 1.15 bits per heavy atom. The summed E-state index contributed by atoms with van der Waals surface area (Å²) in [6, 6.07) is 18.2. The van der Waals surface area contributed by atoms with E-state index in [9.17, 15) is 0 Å². The lowest BCUT2D eigenvalue weighted by Gasteiger charge is -2.25. The van der Waals surface area contributed by atoms with E-state index in [1.54, 1.807) is 0 Å². The first-order chi connectivity index (χ1) is 19.2. The second-order valence-corrected chi connectivity index (χ2v) is 10.7. The SMILES string of the molecule is CCCCN(CCCC)c1ccc(CNCCOCCNCc2ccc(N(CCCC)CCCC)cc2)cc1. The standard InChI is InChI=1S/C34H58N4O/c1-5-9-23-37(24-10-6-2)33-17-13-31(14-18-33)29-35-21-27-39-28-22-36-30-32-15-19-34(20-16-32)38(25-11-7-3)26-12-8-4/h13-20,35-36H,5-12,21-30H2,1-4H3. The van der Waals surface area contributed by atoms with Gasteiger partial charge in [0.1, 0.15) is 0 Å². The molecule has 0 bridgehead atoms. The highest BCUT2D eigenvalue weighted by molar-refractivity contribution is 5.48. The molecule has 0 unspecified atom stereocenters. The molecule has 2 rings (SSSR count). The van der Waals surface area contributed by atoms with E-state index >= 15 is 0 Å². The van der Waals surface area contributed by atoms with Gasteiger partial charge >= 0.3 is 0 Å². The van der Waals surface area contributed by atoms with Crippen molar-refractivity contribution in [1.29, 1.82) is 0 Å². The molecule has 0 atom stereocenters. The van der Waals surface area contributed by atoms with Crippen LogP contribution < -0.4 is 20.4 Å². The summed E-state index contributed by atoms with van der Waals surface area (Å²) in [6.45, 7) is 18.7. The fraction of sp³-hybridized carbons (Fsp3) is 0.647. The molecule has 0 aliphatic carbocycles. The maximum absolute atomic E-state index is 5.82. The molecule has 0 aliphatic heterocycles. The summed E-state index contributed by atoms with van der Waals surface area (Å²) in [4.78, 5) is 5.08. The van der Waals surface area contributed by atoms with E-state index in [1.807, 2.05) is 0 Å². The Morgan fingerprint density at radius 1 is 0.513 bits per heavy atom. The van der Waals surface area contributed by atoms with Gasteiger partial charge in [0.05, 0.1) is 13.2 Å². The number of anilines is 2. The molecule has 0 saturated carbocycles. The smallest absolute Gasteiger partial charge is 0.0591 e. The largest absolute Gasteiger partial charge is 0.379 e. The summed E-state index contributed by atoms with van der Waals surface area (Å²) in [5, 5.41) is 7.02. The van der Waals surface area contributed by atoms with Gasteiger partial charge in [-0.15, -0.1) is 0 Å². The third-order valence-corrected chi connectivity index (χ3v) is 7.23. The molecule has 2 aromatic carbocycles. The van der Waals surface area contributed by atoms with Crippen molar-refractivity contribution >= 4 is 11.4 Å². The van der Waals surface area contributed by atoms with Gasteiger partial charge in [0.25, 0.3) is 0 Å². The molecule has 0 fully saturated rings. The van der Waals surface area contributed by atoms with Crippen LogP contribution in [0.25, 0.3) is 0 Å². The summed E-state index contributed by atoms with van der Waals surface area (Å²) in [5.41, 5.74) is 5.37. The van der Waals surface area contributed by atoms with Gasteiger partial charge in [-0.2, -0.15) is 0 Å². The number of rotatable bonds is 24. The third kappa shape index (κ3) is 14.2. The Kier molecular flexibility index (Phi) is 18.4. The summed E-state index contributed by atoms with van der Waals surface area (Å²) < 4.78 is 5.82. The van der Waals surface area contributed by atoms with Crippen LogP contribution in [0.3, 0.4) is 0 Å². The molecule has 5 heteroatoms. The summed E-state index contributed by atoms with van der Waals surface area (Å²) in [6.07, 6.45) is 10.0. The fourth-order valence-corrected chi connectivity index (χ4v) is 4.64. The number of hydrogen-bond donors (Lipinski definition) is 2. The molecule has 0 heterocycles. The average Bonchev–Trinajstić information content (AvgIpc) is 2.97. The summed E-state index contributed by atoms with van der Waals surface area (Å²) in [5.74, 6) is 0. The van der Waals surface area contributed by atoms with E-state index in [1.165, 1.54) is 73.9 Å². The van der Waals surface area contributed by atoms with Gasteiger partial charge in [-0.3, -0.25) is 0 Å². The number of nitrogens with zero attached hydrogens (tertiary/aromatic N) is 2. The Hall–Kier alpha value is -2.08. The van der Waals surface area contributed by atoms with Crippen LogP contribution in [0, 0.1) is 0 Å². The van der Waals surface area contributed by atoms with Crippen LogP contribution in [-0.4, -0.2) is 52.5 Å². The van der Waals surface area contributed by atoms with E-state index in [0.717, 1.165) is 65.6 Å². The lowest BCUT2D eigenvalue weighted by molar-refractivity contribution is 0.137. The minimum Gasteiger partial charge on any atom is -0.379 e. The molecule has 39 heavy (non-hydrogen) atoms. The molecule has 5 nitrogen and oxygen atoms in total. The molecule has 0 amide bonds. The van der Waals surface area contributed by atoms with Gasteiger partial charge in [0.15, 0.2) is 0 Å². The maximum Gasteiger partial charge on any atom is 0.0591 e. The maximum atomic E-state index is 5.82. The van der Waals surface area contributed by atoms with E-state index in [2.05, 4.69) is 96.7 Å². The molecule has 2 aromatic rings. The van der Waals surface area contributed by atoms with E-state index in [-0.39, 0.29) is 0 Å². The molecular formula is C34H58N4O. The van der Waals surface area contributed by atoms with Gasteiger partial charge in [-0.05, 0) is 61.1 Å². The first-order valence-electron chi connectivity index (χ1n) is 15.9. The Labute approximate surface area is 240 Å². The highest BCUT2D eigenvalue weighted by Gasteiger charge is 2.07. The molecule has 2 N–H and O–H groups in total. The highest BCUT2D eigenvalue weighted by Crippen LogP contribution is 2.18. The van der Waals surface area contributed by atoms with Gasteiger partial charge in [-0.1, -0.05) is 77.6 Å². The van der Waals surface area contributed by atoms with Crippen LogP contribution in [0.15, 0.2) is 48.5 Å². The Morgan fingerprint density at radius 2 is 0.846 bits per heavy atom. The summed E-state index contributed by atoms with van der Waals surface area (Å²) >= 11 is 0. The van der Waals surface area contributed by atoms with Crippen molar-refractivity contribution in [3.8, 4) is 0 Å². The number of nitrogens with one attached hydrogen (secondary N) is 2.